The van der Waals surface area contributed by atoms with Gasteiger partial charge in [-0.15, -0.1) is 19.0 Å². The number of halogens is 1. The molecule has 3 heteroatoms. The van der Waals surface area contributed by atoms with E-state index in [0.29, 0.717) is 0 Å². The maximum Gasteiger partial charge on any atom is 0.118 e. The average Bonchev–Trinajstić information content (AvgIpc) is 2.52. The molecule has 0 saturated heterocycles. The number of rotatable bonds is 7. The Hall–Kier alpha value is -1.77. The van der Waals surface area contributed by atoms with Crippen LogP contribution in [0.5, 0.6) is 5.75 Å². The molecule has 112 valence electrons. The van der Waals surface area contributed by atoms with Crippen molar-refractivity contribution >= 4 is 12.4 Å². The third kappa shape index (κ3) is 5.25. The summed E-state index contributed by atoms with van der Waals surface area (Å²) in [6, 6.07) is 19.0. The molecule has 0 amide bonds. The Morgan fingerprint density at radius 2 is 1.76 bits per heavy atom. The van der Waals surface area contributed by atoms with E-state index in [0.717, 1.165) is 18.7 Å². The van der Waals surface area contributed by atoms with E-state index in [-0.39, 0.29) is 18.4 Å². The summed E-state index contributed by atoms with van der Waals surface area (Å²) in [5.74, 6) is 0.885. The molecule has 0 aliphatic heterocycles. The van der Waals surface area contributed by atoms with Crippen LogP contribution in [0.1, 0.15) is 17.2 Å². The molecule has 0 aromatic heterocycles. The zero-order valence-corrected chi connectivity index (χ0v) is 13.1. The lowest BCUT2D eigenvalue weighted by Gasteiger charge is -2.19. The van der Waals surface area contributed by atoms with Gasteiger partial charge in [0, 0.05) is 12.6 Å². The molecule has 2 aromatic carbocycles. The van der Waals surface area contributed by atoms with Crippen LogP contribution in [-0.2, 0) is 6.42 Å². The Balaban J connectivity index is 0.00000220. The summed E-state index contributed by atoms with van der Waals surface area (Å²) >= 11 is 0. The van der Waals surface area contributed by atoms with E-state index in [4.69, 9.17) is 4.74 Å². The second-order valence-electron chi connectivity index (χ2n) is 4.71. The highest BCUT2D eigenvalue weighted by Gasteiger charge is 2.11. The highest BCUT2D eigenvalue weighted by atomic mass is 35.5. The number of benzene rings is 2. The second kappa shape index (κ2) is 9.22. The van der Waals surface area contributed by atoms with Gasteiger partial charge in [-0.25, -0.2) is 0 Å². The highest BCUT2D eigenvalue weighted by Crippen LogP contribution is 2.21. The van der Waals surface area contributed by atoms with Gasteiger partial charge in [0.1, 0.15) is 5.75 Å². The normalized spacial score (nSPS) is 11.3. The van der Waals surface area contributed by atoms with Crippen LogP contribution < -0.4 is 10.1 Å². The molecule has 0 spiro atoms. The maximum absolute atomic E-state index is 5.21. The van der Waals surface area contributed by atoms with Crippen molar-refractivity contribution in [2.45, 2.75) is 12.5 Å². The van der Waals surface area contributed by atoms with Crippen LogP contribution in [0, 0.1) is 0 Å². The summed E-state index contributed by atoms with van der Waals surface area (Å²) in [6.45, 7) is 4.57. The molecule has 21 heavy (non-hydrogen) atoms. The first-order valence-corrected chi connectivity index (χ1v) is 6.85. The summed E-state index contributed by atoms with van der Waals surface area (Å²) in [7, 11) is 1.69. The topological polar surface area (TPSA) is 21.3 Å². The Bertz CT molecular complexity index is 525. The monoisotopic (exact) mass is 303 g/mol. The van der Waals surface area contributed by atoms with Gasteiger partial charge < -0.3 is 10.1 Å². The quantitative estimate of drug-likeness (QED) is 0.775. The van der Waals surface area contributed by atoms with Gasteiger partial charge in [-0.05, 0) is 29.7 Å². The standard InChI is InChI=1S/C18H21NO.ClH/c1-3-13-19-18(14-15-7-5-4-6-8-15)16-9-11-17(20-2)12-10-16;/h3-12,18-19H,1,13-14H2,2H3;1H. The van der Waals surface area contributed by atoms with Gasteiger partial charge in [-0.1, -0.05) is 48.5 Å². The fourth-order valence-electron chi connectivity index (χ4n) is 2.22. The molecule has 0 radical (unpaired) electrons. The number of methoxy groups -OCH3 is 1. The second-order valence-corrected chi connectivity index (χ2v) is 4.71. The number of nitrogens with one attached hydrogen (secondary N) is 1. The van der Waals surface area contributed by atoms with Crippen molar-refractivity contribution in [3.8, 4) is 5.75 Å². The molecule has 1 unspecified atom stereocenters. The largest absolute Gasteiger partial charge is 0.497 e. The van der Waals surface area contributed by atoms with Gasteiger partial charge in [0.25, 0.3) is 0 Å². The molecule has 0 aliphatic carbocycles. The molecule has 0 fully saturated rings. The first kappa shape index (κ1) is 17.3. The van der Waals surface area contributed by atoms with Crippen molar-refractivity contribution in [3.63, 3.8) is 0 Å². The molecule has 2 aromatic rings. The minimum atomic E-state index is 0. The van der Waals surface area contributed by atoms with Crippen molar-refractivity contribution < 1.29 is 4.74 Å². The number of hydrogen-bond donors (Lipinski definition) is 1. The molecule has 2 rings (SSSR count). The van der Waals surface area contributed by atoms with Gasteiger partial charge in [0.05, 0.1) is 7.11 Å². The molecule has 0 aliphatic rings. The lowest BCUT2D eigenvalue weighted by Crippen LogP contribution is -2.23. The molecular weight excluding hydrogens is 282 g/mol. The van der Waals surface area contributed by atoms with E-state index in [2.05, 4.69) is 48.3 Å². The summed E-state index contributed by atoms with van der Waals surface area (Å²) < 4.78 is 5.21. The zero-order valence-electron chi connectivity index (χ0n) is 12.3. The van der Waals surface area contributed by atoms with Crippen LogP contribution in [0.15, 0.2) is 67.3 Å². The molecule has 0 bridgehead atoms. The third-order valence-electron chi connectivity index (χ3n) is 3.31. The van der Waals surface area contributed by atoms with Crippen molar-refractivity contribution in [3.05, 3.63) is 78.4 Å². The minimum Gasteiger partial charge on any atom is -0.497 e. The van der Waals surface area contributed by atoms with E-state index >= 15 is 0 Å². The Labute approximate surface area is 133 Å². The summed E-state index contributed by atoms with van der Waals surface area (Å²) in [5, 5.41) is 3.51. The summed E-state index contributed by atoms with van der Waals surface area (Å²) in [6.07, 6.45) is 2.85. The van der Waals surface area contributed by atoms with Crippen molar-refractivity contribution in [1.29, 1.82) is 0 Å². The SMILES string of the molecule is C=CCNC(Cc1ccccc1)c1ccc(OC)cc1.Cl. The highest BCUT2D eigenvalue weighted by molar-refractivity contribution is 5.85. The lowest BCUT2D eigenvalue weighted by atomic mass is 9.98. The first-order chi connectivity index (χ1) is 9.83. The van der Waals surface area contributed by atoms with Crippen LogP contribution in [-0.4, -0.2) is 13.7 Å². The van der Waals surface area contributed by atoms with Crippen molar-refractivity contribution in [2.24, 2.45) is 0 Å². The summed E-state index contributed by atoms with van der Waals surface area (Å²) in [5.41, 5.74) is 2.58. The average molecular weight is 304 g/mol. The van der Waals surface area contributed by atoms with Gasteiger partial charge in [-0.3, -0.25) is 0 Å². The predicted octanol–water partition coefficient (Wildman–Crippen LogP) is 4.18. The molecule has 2 nitrogen and oxygen atoms in total. The predicted molar refractivity (Wildman–Crippen MR) is 91.3 cm³/mol. The van der Waals surface area contributed by atoms with Crippen LogP contribution >= 0.6 is 12.4 Å². The number of hydrogen-bond acceptors (Lipinski definition) is 2. The van der Waals surface area contributed by atoms with E-state index < -0.39 is 0 Å². The minimum absolute atomic E-state index is 0. The molecule has 1 atom stereocenters. The van der Waals surface area contributed by atoms with Gasteiger partial charge in [0.15, 0.2) is 0 Å². The van der Waals surface area contributed by atoms with Crippen molar-refractivity contribution in [1.82, 2.24) is 5.32 Å². The summed E-state index contributed by atoms with van der Waals surface area (Å²) in [4.78, 5) is 0. The van der Waals surface area contributed by atoms with Crippen LogP contribution in [0.25, 0.3) is 0 Å². The van der Waals surface area contributed by atoms with E-state index in [1.54, 1.807) is 7.11 Å². The molecule has 1 N–H and O–H groups in total. The van der Waals surface area contributed by atoms with Crippen LogP contribution in [0.4, 0.5) is 0 Å². The Kier molecular flexibility index (Phi) is 7.59. The first-order valence-electron chi connectivity index (χ1n) is 6.85. The van der Waals surface area contributed by atoms with E-state index in [9.17, 15) is 0 Å². The fraction of sp³-hybridized carbons (Fsp3) is 0.222. The fourth-order valence-corrected chi connectivity index (χ4v) is 2.22. The van der Waals surface area contributed by atoms with Crippen LogP contribution in [0.2, 0.25) is 0 Å². The molecule has 0 saturated carbocycles. The Morgan fingerprint density at radius 3 is 2.33 bits per heavy atom. The van der Waals surface area contributed by atoms with Gasteiger partial charge in [-0.2, -0.15) is 0 Å². The van der Waals surface area contributed by atoms with Crippen molar-refractivity contribution in [2.75, 3.05) is 13.7 Å². The smallest absolute Gasteiger partial charge is 0.118 e. The van der Waals surface area contributed by atoms with E-state index in [1.807, 2.05) is 24.3 Å². The third-order valence-corrected chi connectivity index (χ3v) is 3.31. The Morgan fingerprint density at radius 1 is 1.10 bits per heavy atom. The van der Waals surface area contributed by atoms with Crippen LogP contribution in [0.3, 0.4) is 0 Å². The van der Waals surface area contributed by atoms with Gasteiger partial charge >= 0.3 is 0 Å². The maximum atomic E-state index is 5.21. The molecular formula is C18H22ClNO. The molecule has 0 heterocycles. The van der Waals surface area contributed by atoms with Gasteiger partial charge in [0.2, 0.25) is 0 Å². The number of ether oxygens (including phenoxy) is 1. The lowest BCUT2D eigenvalue weighted by molar-refractivity contribution is 0.414. The van der Waals surface area contributed by atoms with E-state index in [1.165, 1.54) is 11.1 Å². The zero-order chi connectivity index (χ0) is 14.2.